The Morgan fingerprint density at radius 3 is 3.06 bits per heavy atom. The molecule has 18 heavy (non-hydrogen) atoms. The van der Waals surface area contributed by atoms with Gasteiger partial charge in [0.25, 0.3) is 0 Å². The Balaban J connectivity index is 1.83. The summed E-state index contributed by atoms with van der Waals surface area (Å²) in [6.45, 7) is 0.291. The lowest BCUT2D eigenvalue weighted by atomic mass is 10.2. The van der Waals surface area contributed by atoms with E-state index in [1.807, 2.05) is 17.5 Å². The van der Waals surface area contributed by atoms with Gasteiger partial charge in [-0.3, -0.25) is 0 Å². The van der Waals surface area contributed by atoms with E-state index in [1.165, 1.54) is 29.8 Å². The van der Waals surface area contributed by atoms with Gasteiger partial charge < -0.3 is 4.74 Å². The van der Waals surface area contributed by atoms with E-state index >= 15 is 0 Å². The molecule has 2 heterocycles. The molecule has 0 spiro atoms. The Bertz CT molecular complexity index is 683. The van der Waals surface area contributed by atoms with Crippen LogP contribution < -0.4 is 4.74 Å². The normalized spacial score (nSPS) is 10.7. The van der Waals surface area contributed by atoms with Crippen LogP contribution in [-0.4, -0.2) is 9.97 Å². The predicted octanol–water partition coefficient (Wildman–Crippen LogP) is 3.41. The zero-order valence-electron chi connectivity index (χ0n) is 9.34. The Labute approximate surface area is 107 Å². The summed E-state index contributed by atoms with van der Waals surface area (Å²) in [6, 6.07) is 8.25. The van der Waals surface area contributed by atoms with Crippen LogP contribution in [0.2, 0.25) is 0 Å². The van der Waals surface area contributed by atoms with Crippen LogP contribution in [0, 0.1) is 5.82 Å². The molecule has 0 N–H and O–H groups in total. The van der Waals surface area contributed by atoms with Crippen LogP contribution in [0.3, 0.4) is 0 Å². The summed E-state index contributed by atoms with van der Waals surface area (Å²) in [7, 11) is 0. The lowest BCUT2D eigenvalue weighted by Crippen LogP contribution is -1.98. The molecular weight excluding hydrogens is 251 g/mol. The smallest absolute Gasteiger partial charge is 0.225 e. The minimum Gasteiger partial charge on any atom is -0.472 e. The summed E-state index contributed by atoms with van der Waals surface area (Å²) < 4.78 is 18.6. The third-order valence-corrected chi connectivity index (χ3v) is 3.31. The van der Waals surface area contributed by atoms with Crippen molar-refractivity contribution in [3.63, 3.8) is 0 Å². The molecule has 0 atom stereocenters. The van der Waals surface area contributed by atoms with Crippen LogP contribution in [0.15, 0.2) is 42.0 Å². The van der Waals surface area contributed by atoms with Crippen molar-refractivity contribution >= 4 is 21.6 Å². The quantitative estimate of drug-likeness (QED) is 0.724. The number of hydrogen-bond donors (Lipinski definition) is 0. The first-order chi connectivity index (χ1) is 8.83. The molecule has 3 aromatic rings. The summed E-state index contributed by atoms with van der Waals surface area (Å²) in [5.41, 5.74) is 0.775. The van der Waals surface area contributed by atoms with Crippen molar-refractivity contribution in [3.05, 3.63) is 53.4 Å². The SMILES string of the molecule is Fc1cccc(COc2ncnc3sccc23)c1. The summed E-state index contributed by atoms with van der Waals surface area (Å²) in [6.07, 6.45) is 1.47. The maximum Gasteiger partial charge on any atom is 0.225 e. The lowest BCUT2D eigenvalue weighted by molar-refractivity contribution is 0.297. The second-order valence-corrected chi connectivity index (χ2v) is 4.63. The number of nitrogens with zero attached hydrogens (tertiary/aromatic N) is 2. The molecule has 0 saturated carbocycles. The highest BCUT2D eigenvalue weighted by Gasteiger charge is 2.06. The average molecular weight is 260 g/mol. The number of rotatable bonds is 3. The van der Waals surface area contributed by atoms with Crippen LogP contribution in [-0.2, 0) is 6.61 Å². The summed E-state index contributed by atoms with van der Waals surface area (Å²) in [5.74, 6) is 0.268. The van der Waals surface area contributed by atoms with E-state index in [9.17, 15) is 4.39 Å². The predicted molar refractivity (Wildman–Crippen MR) is 68.1 cm³/mol. The van der Waals surface area contributed by atoms with Crippen LogP contribution in [0.25, 0.3) is 10.2 Å². The van der Waals surface area contributed by atoms with Crippen molar-refractivity contribution in [1.29, 1.82) is 0 Å². The van der Waals surface area contributed by atoms with Gasteiger partial charge in [-0.25, -0.2) is 14.4 Å². The molecule has 1 aromatic carbocycles. The Hall–Kier alpha value is -2.01. The van der Waals surface area contributed by atoms with E-state index in [1.54, 1.807) is 6.07 Å². The largest absolute Gasteiger partial charge is 0.472 e. The number of hydrogen-bond acceptors (Lipinski definition) is 4. The minimum atomic E-state index is -0.264. The van der Waals surface area contributed by atoms with Gasteiger partial charge in [-0.05, 0) is 29.1 Å². The van der Waals surface area contributed by atoms with Crippen molar-refractivity contribution < 1.29 is 9.13 Å². The monoisotopic (exact) mass is 260 g/mol. The fourth-order valence-electron chi connectivity index (χ4n) is 1.66. The maximum atomic E-state index is 13.0. The van der Waals surface area contributed by atoms with E-state index in [2.05, 4.69) is 9.97 Å². The van der Waals surface area contributed by atoms with Gasteiger partial charge in [0.15, 0.2) is 0 Å². The second kappa shape index (κ2) is 4.70. The van der Waals surface area contributed by atoms with Gasteiger partial charge in [-0.15, -0.1) is 11.3 Å². The number of ether oxygens (including phenoxy) is 1. The lowest BCUT2D eigenvalue weighted by Gasteiger charge is -2.05. The zero-order valence-corrected chi connectivity index (χ0v) is 10.2. The molecule has 0 bridgehead atoms. The first-order valence-electron chi connectivity index (χ1n) is 5.38. The molecule has 0 saturated heterocycles. The van der Waals surface area contributed by atoms with Crippen molar-refractivity contribution in [1.82, 2.24) is 9.97 Å². The highest BCUT2D eigenvalue weighted by atomic mass is 32.1. The van der Waals surface area contributed by atoms with Gasteiger partial charge in [0.2, 0.25) is 5.88 Å². The van der Waals surface area contributed by atoms with Gasteiger partial charge in [0.05, 0.1) is 5.39 Å². The van der Waals surface area contributed by atoms with Crippen LogP contribution >= 0.6 is 11.3 Å². The Morgan fingerprint density at radius 2 is 2.17 bits per heavy atom. The molecular formula is C13H9FN2OS. The topological polar surface area (TPSA) is 35.0 Å². The van der Waals surface area contributed by atoms with Gasteiger partial charge in [-0.2, -0.15) is 0 Å². The molecule has 3 rings (SSSR count). The minimum absolute atomic E-state index is 0.264. The van der Waals surface area contributed by atoms with E-state index < -0.39 is 0 Å². The van der Waals surface area contributed by atoms with Crippen molar-refractivity contribution in [2.24, 2.45) is 0 Å². The van der Waals surface area contributed by atoms with E-state index in [-0.39, 0.29) is 5.82 Å². The number of aromatic nitrogens is 2. The molecule has 0 unspecified atom stereocenters. The van der Waals surface area contributed by atoms with E-state index in [4.69, 9.17) is 4.74 Å². The van der Waals surface area contributed by atoms with Gasteiger partial charge in [-0.1, -0.05) is 12.1 Å². The Kier molecular flexibility index (Phi) is 2.90. The molecule has 0 aliphatic rings. The van der Waals surface area contributed by atoms with Crippen LogP contribution in [0.1, 0.15) is 5.56 Å². The molecule has 0 aliphatic carbocycles. The third kappa shape index (κ3) is 2.17. The third-order valence-electron chi connectivity index (χ3n) is 2.49. The summed E-state index contributed by atoms with van der Waals surface area (Å²) >= 11 is 1.53. The van der Waals surface area contributed by atoms with Crippen LogP contribution in [0.4, 0.5) is 4.39 Å². The molecule has 3 nitrogen and oxygen atoms in total. The number of thiophene rings is 1. The average Bonchev–Trinajstić information content (AvgIpc) is 2.85. The summed E-state index contributed by atoms with van der Waals surface area (Å²) in [4.78, 5) is 9.12. The maximum absolute atomic E-state index is 13.0. The van der Waals surface area contributed by atoms with Gasteiger partial charge in [0, 0.05) is 0 Å². The molecule has 90 valence electrons. The van der Waals surface area contributed by atoms with Gasteiger partial charge in [0.1, 0.15) is 23.6 Å². The van der Waals surface area contributed by atoms with Crippen molar-refractivity contribution in [2.45, 2.75) is 6.61 Å². The van der Waals surface area contributed by atoms with Gasteiger partial charge >= 0.3 is 0 Å². The van der Waals surface area contributed by atoms with E-state index in [0.29, 0.717) is 12.5 Å². The highest BCUT2D eigenvalue weighted by molar-refractivity contribution is 7.16. The molecule has 5 heteroatoms. The molecule has 0 radical (unpaired) electrons. The standard InChI is InChI=1S/C13H9FN2OS/c14-10-3-1-2-9(6-10)7-17-12-11-4-5-18-13(11)16-8-15-12/h1-6,8H,7H2. The highest BCUT2D eigenvalue weighted by Crippen LogP contribution is 2.25. The first kappa shape index (κ1) is 11.1. The molecule has 0 amide bonds. The number of benzene rings is 1. The summed E-state index contributed by atoms with van der Waals surface area (Å²) in [5, 5.41) is 2.83. The molecule has 0 fully saturated rings. The number of fused-ring (bicyclic) bond motifs is 1. The fourth-order valence-corrected chi connectivity index (χ4v) is 2.38. The number of halogens is 1. The second-order valence-electron chi connectivity index (χ2n) is 3.74. The van der Waals surface area contributed by atoms with Crippen LogP contribution in [0.5, 0.6) is 5.88 Å². The first-order valence-corrected chi connectivity index (χ1v) is 6.26. The van der Waals surface area contributed by atoms with Crippen molar-refractivity contribution in [2.75, 3.05) is 0 Å². The molecule has 0 aliphatic heterocycles. The Morgan fingerprint density at radius 1 is 1.22 bits per heavy atom. The van der Waals surface area contributed by atoms with Crippen molar-refractivity contribution in [3.8, 4) is 5.88 Å². The molecule has 2 aromatic heterocycles. The zero-order chi connectivity index (χ0) is 12.4. The fraction of sp³-hybridized carbons (Fsp3) is 0.0769. The van der Waals surface area contributed by atoms with E-state index in [0.717, 1.165) is 15.8 Å².